The van der Waals surface area contributed by atoms with Crippen LogP contribution >= 0.6 is 12.2 Å². The Kier molecular flexibility index (Phi) is 2.21. The highest BCUT2D eigenvalue weighted by atomic mass is 32.1. The van der Waals surface area contributed by atoms with E-state index in [-0.39, 0.29) is 0 Å². The van der Waals surface area contributed by atoms with Crippen molar-refractivity contribution in [2.24, 2.45) is 0 Å². The van der Waals surface area contributed by atoms with Gasteiger partial charge in [0.25, 0.3) is 0 Å². The maximum atomic E-state index is 5.13. The van der Waals surface area contributed by atoms with Crippen LogP contribution in [0.25, 0.3) is 0 Å². The summed E-state index contributed by atoms with van der Waals surface area (Å²) in [4.78, 5) is 7.56. The summed E-state index contributed by atoms with van der Waals surface area (Å²) in [5.41, 5.74) is 2.51. The largest absolute Gasteiger partial charge is 0.367 e. The number of H-pyrrole nitrogens is 1. The number of hydrogen-bond acceptors (Lipinski definition) is 4. The summed E-state index contributed by atoms with van der Waals surface area (Å²) in [5.74, 6) is 0.989. The third-order valence-electron chi connectivity index (χ3n) is 2.89. The number of nitrogens with zero attached hydrogens (tertiary/aromatic N) is 1. The van der Waals surface area contributed by atoms with E-state index in [1.165, 1.54) is 24.1 Å². The van der Waals surface area contributed by atoms with Crippen LogP contribution in [0.1, 0.15) is 24.1 Å². The van der Waals surface area contributed by atoms with Gasteiger partial charge >= 0.3 is 0 Å². The van der Waals surface area contributed by atoms with E-state index in [0.29, 0.717) is 10.8 Å². The first-order chi connectivity index (χ1) is 7.33. The molecular formula is C10H14N4S. The quantitative estimate of drug-likeness (QED) is 0.661. The van der Waals surface area contributed by atoms with Crippen molar-refractivity contribution in [2.75, 3.05) is 11.9 Å². The number of aromatic nitrogens is 2. The molecule has 1 aliphatic carbocycles. The van der Waals surface area contributed by atoms with Crippen LogP contribution in [-0.2, 0) is 13.0 Å². The van der Waals surface area contributed by atoms with E-state index in [0.717, 1.165) is 25.3 Å². The lowest BCUT2D eigenvalue weighted by molar-refractivity contribution is 0.625. The van der Waals surface area contributed by atoms with Crippen molar-refractivity contribution >= 4 is 18.0 Å². The fourth-order valence-corrected chi connectivity index (χ4v) is 2.13. The molecule has 1 aromatic heterocycles. The van der Waals surface area contributed by atoms with Crippen LogP contribution < -0.4 is 10.6 Å². The average Bonchev–Trinajstić information content (AvgIpc) is 3.01. The van der Waals surface area contributed by atoms with Gasteiger partial charge in [-0.3, -0.25) is 0 Å². The number of anilines is 1. The minimum atomic E-state index is 0.596. The molecule has 4 nitrogen and oxygen atoms in total. The number of rotatable bonds is 2. The Balaban J connectivity index is 2.01. The predicted octanol–water partition coefficient (Wildman–Crippen LogP) is 1.36. The first-order valence-electron chi connectivity index (χ1n) is 5.42. The standard InChI is InChI=1S/C10H14N4S/c15-10-13-8-3-4-11-5-7(8)9(14-10)12-6-1-2-6/h6,11H,1-5H2,(H2,12,13,14,15). The third kappa shape index (κ3) is 1.89. The van der Waals surface area contributed by atoms with E-state index in [4.69, 9.17) is 12.2 Å². The minimum absolute atomic E-state index is 0.596. The van der Waals surface area contributed by atoms with Gasteiger partial charge in [0, 0.05) is 36.8 Å². The summed E-state index contributed by atoms with van der Waals surface area (Å²) < 4.78 is 0.596. The summed E-state index contributed by atoms with van der Waals surface area (Å²) in [6.45, 7) is 1.91. The lowest BCUT2D eigenvalue weighted by Gasteiger charge is -2.19. The lowest BCUT2D eigenvalue weighted by Crippen LogP contribution is -2.26. The van der Waals surface area contributed by atoms with Gasteiger partial charge in [-0.1, -0.05) is 0 Å². The molecule has 0 amide bonds. The molecule has 0 bridgehead atoms. The Morgan fingerprint density at radius 2 is 2.27 bits per heavy atom. The smallest absolute Gasteiger partial charge is 0.198 e. The van der Waals surface area contributed by atoms with Gasteiger partial charge in [-0.2, -0.15) is 0 Å². The van der Waals surface area contributed by atoms with E-state index in [1.54, 1.807) is 0 Å². The van der Waals surface area contributed by atoms with Gasteiger partial charge < -0.3 is 15.6 Å². The topological polar surface area (TPSA) is 52.7 Å². The molecule has 80 valence electrons. The molecule has 1 aliphatic heterocycles. The lowest BCUT2D eigenvalue weighted by atomic mass is 10.1. The predicted molar refractivity (Wildman–Crippen MR) is 61.5 cm³/mol. The number of aromatic amines is 1. The molecule has 2 heterocycles. The molecule has 3 rings (SSSR count). The second-order valence-corrected chi connectivity index (χ2v) is 4.58. The van der Waals surface area contributed by atoms with Gasteiger partial charge in [-0.25, -0.2) is 4.98 Å². The molecule has 0 atom stereocenters. The van der Waals surface area contributed by atoms with Gasteiger partial charge in [0.2, 0.25) is 0 Å². The van der Waals surface area contributed by atoms with E-state index in [2.05, 4.69) is 20.6 Å². The molecule has 1 saturated carbocycles. The number of fused-ring (bicyclic) bond motifs is 1. The summed E-state index contributed by atoms with van der Waals surface area (Å²) >= 11 is 5.13. The maximum absolute atomic E-state index is 5.13. The molecule has 0 saturated heterocycles. The molecule has 0 unspecified atom stereocenters. The zero-order valence-corrected chi connectivity index (χ0v) is 9.28. The molecule has 0 aromatic carbocycles. The fourth-order valence-electron chi connectivity index (χ4n) is 1.92. The fraction of sp³-hybridized carbons (Fsp3) is 0.600. The van der Waals surface area contributed by atoms with Crippen molar-refractivity contribution in [2.45, 2.75) is 31.8 Å². The molecule has 1 fully saturated rings. The SMILES string of the molecule is S=c1nc(NC2CC2)c2c([nH]1)CCNC2. The first kappa shape index (κ1) is 9.30. The summed E-state index contributed by atoms with van der Waals surface area (Å²) in [6, 6.07) is 0.625. The zero-order valence-electron chi connectivity index (χ0n) is 8.47. The molecular weight excluding hydrogens is 208 g/mol. The van der Waals surface area contributed by atoms with E-state index in [9.17, 15) is 0 Å². The van der Waals surface area contributed by atoms with Crippen LogP contribution in [0, 0.1) is 4.77 Å². The van der Waals surface area contributed by atoms with Crippen molar-refractivity contribution < 1.29 is 0 Å². The average molecular weight is 222 g/mol. The van der Waals surface area contributed by atoms with E-state index >= 15 is 0 Å². The normalized spacial score (nSPS) is 19.7. The molecule has 3 N–H and O–H groups in total. The van der Waals surface area contributed by atoms with Crippen molar-refractivity contribution in [3.05, 3.63) is 16.0 Å². The van der Waals surface area contributed by atoms with Crippen molar-refractivity contribution in [3.63, 3.8) is 0 Å². The van der Waals surface area contributed by atoms with Gasteiger partial charge in [0.05, 0.1) is 0 Å². The summed E-state index contributed by atoms with van der Waals surface area (Å²) in [7, 11) is 0. The summed E-state index contributed by atoms with van der Waals surface area (Å²) in [5, 5.41) is 6.81. The van der Waals surface area contributed by atoms with E-state index < -0.39 is 0 Å². The van der Waals surface area contributed by atoms with Crippen LogP contribution in [0.3, 0.4) is 0 Å². The zero-order chi connectivity index (χ0) is 10.3. The van der Waals surface area contributed by atoms with Crippen LogP contribution in [-0.4, -0.2) is 22.6 Å². The van der Waals surface area contributed by atoms with Gasteiger partial charge in [-0.15, -0.1) is 0 Å². The van der Waals surface area contributed by atoms with Crippen LogP contribution in [0.5, 0.6) is 0 Å². The molecule has 15 heavy (non-hydrogen) atoms. The second-order valence-electron chi connectivity index (χ2n) is 4.19. The van der Waals surface area contributed by atoms with Crippen molar-refractivity contribution in [1.82, 2.24) is 15.3 Å². The Morgan fingerprint density at radius 1 is 1.40 bits per heavy atom. The van der Waals surface area contributed by atoms with Crippen molar-refractivity contribution in [1.29, 1.82) is 0 Å². The second kappa shape index (κ2) is 3.57. The molecule has 5 heteroatoms. The Labute approximate surface area is 93.5 Å². The monoisotopic (exact) mass is 222 g/mol. The third-order valence-corrected chi connectivity index (χ3v) is 3.09. The highest BCUT2D eigenvalue weighted by Crippen LogP contribution is 2.27. The van der Waals surface area contributed by atoms with Gasteiger partial charge in [-0.05, 0) is 25.1 Å². The molecule has 0 radical (unpaired) electrons. The Morgan fingerprint density at radius 3 is 3.07 bits per heavy atom. The molecule has 1 aromatic rings. The minimum Gasteiger partial charge on any atom is -0.367 e. The van der Waals surface area contributed by atoms with Gasteiger partial charge in [0.15, 0.2) is 4.77 Å². The van der Waals surface area contributed by atoms with Gasteiger partial charge in [0.1, 0.15) is 5.82 Å². The Hall–Kier alpha value is -0.940. The van der Waals surface area contributed by atoms with Crippen molar-refractivity contribution in [3.8, 4) is 0 Å². The maximum Gasteiger partial charge on any atom is 0.198 e. The Bertz CT molecular complexity index is 436. The molecule has 0 spiro atoms. The summed E-state index contributed by atoms with van der Waals surface area (Å²) in [6.07, 6.45) is 3.53. The van der Waals surface area contributed by atoms with Crippen LogP contribution in [0.4, 0.5) is 5.82 Å². The van der Waals surface area contributed by atoms with Crippen LogP contribution in [0.15, 0.2) is 0 Å². The number of hydrogen-bond donors (Lipinski definition) is 3. The highest BCUT2D eigenvalue weighted by Gasteiger charge is 2.24. The number of nitrogens with one attached hydrogen (secondary N) is 3. The first-order valence-corrected chi connectivity index (χ1v) is 5.83. The van der Waals surface area contributed by atoms with E-state index in [1.807, 2.05) is 0 Å². The van der Waals surface area contributed by atoms with Crippen LogP contribution in [0.2, 0.25) is 0 Å². The molecule has 2 aliphatic rings. The highest BCUT2D eigenvalue weighted by molar-refractivity contribution is 7.71.